The van der Waals surface area contributed by atoms with Crippen molar-refractivity contribution in [2.45, 2.75) is 160 Å². The molecule has 5 rings (SSSR count). The van der Waals surface area contributed by atoms with Gasteiger partial charge in [-0.05, 0) is 25.7 Å². The topological polar surface area (TPSA) is 107 Å². The van der Waals surface area contributed by atoms with E-state index in [9.17, 15) is 32.3 Å². The Balaban J connectivity index is 1.17. The number of halogens is 3. The second-order valence-electron chi connectivity index (χ2n) is 14.3. The molecule has 0 unspecified atom stereocenters. The molecule has 1 aliphatic carbocycles. The number of ether oxygens (including phenoxy) is 2. The first-order chi connectivity index (χ1) is 24.7. The van der Waals surface area contributed by atoms with Gasteiger partial charge in [0.25, 0.3) is 11.8 Å². The molecule has 280 valence electrons. The van der Waals surface area contributed by atoms with E-state index in [0.717, 1.165) is 38.5 Å². The highest BCUT2D eigenvalue weighted by atomic mass is 19.1. The first-order valence-electron chi connectivity index (χ1n) is 19.1. The number of rotatable bonds is 20. The summed E-state index contributed by atoms with van der Waals surface area (Å²) in [5.41, 5.74) is -2.19. The maximum absolute atomic E-state index is 14.2. The number of pyridine rings is 1. The molecule has 2 fully saturated rings. The molecular weight excluding hydrogens is 663 g/mol. The fourth-order valence-electron chi connectivity index (χ4n) is 7.60. The van der Waals surface area contributed by atoms with Crippen molar-refractivity contribution in [1.29, 1.82) is 0 Å². The van der Waals surface area contributed by atoms with Crippen molar-refractivity contribution in [3.05, 3.63) is 62.8 Å². The van der Waals surface area contributed by atoms with E-state index in [2.05, 4.69) is 12.2 Å². The average Bonchev–Trinajstić information content (AvgIpc) is 3.47. The molecule has 1 saturated heterocycles. The van der Waals surface area contributed by atoms with Crippen LogP contribution in [0.1, 0.15) is 155 Å². The van der Waals surface area contributed by atoms with Gasteiger partial charge in [-0.25, -0.2) is 13.2 Å². The molecule has 1 saturated carbocycles. The molecule has 1 aromatic heterocycles. The summed E-state index contributed by atoms with van der Waals surface area (Å²) in [6.45, 7) is 1.66. The lowest BCUT2D eigenvalue weighted by atomic mass is 10.0. The summed E-state index contributed by atoms with van der Waals surface area (Å²) in [6, 6.07) is 0.907. The first-order valence-corrected chi connectivity index (χ1v) is 19.1. The molecule has 3 atom stereocenters. The van der Waals surface area contributed by atoms with Crippen molar-refractivity contribution in [1.82, 2.24) is 14.8 Å². The number of hydrogen-bond acceptors (Lipinski definition) is 6. The lowest BCUT2D eigenvalue weighted by Gasteiger charge is -2.44. The van der Waals surface area contributed by atoms with Crippen LogP contribution in [-0.4, -0.2) is 45.6 Å². The fourth-order valence-corrected chi connectivity index (χ4v) is 7.60. The lowest BCUT2D eigenvalue weighted by molar-refractivity contribution is -0.135. The van der Waals surface area contributed by atoms with Crippen molar-refractivity contribution in [3.8, 4) is 5.75 Å². The van der Waals surface area contributed by atoms with Gasteiger partial charge in [0.15, 0.2) is 11.9 Å². The quantitative estimate of drug-likeness (QED) is 0.110. The molecule has 2 bridgehead atoms. The number of fused-ring (bicyclic) bond motifs is 5. The van der Waals surface area contributed by atoms with Gasteiger partial charge in [-0.1, -0.05) is 96.8 Å². The highest BCUT2D eigenvalue weighted by Gasteiger charge is 2.48. The largest absolute Gasteiger partial charge is 0.420 e. The van der Waals surface area contributed by atoms with E-state index in [4.69, 9.17) is 9.47 Å². The Hall–Kier alpha value is -3.67. The summed E-state index contributed by atoms with van der Waals surface area (Å²) in [6.07, 6.45) is 20.5. The van der Waals surface area contributed by atoms with Crippen LogP contribution in [0.3, 0.4) is 0 Å². The zero-order valence-corrected chi connectivity index (χ0v) is 29.8. The smallest absolute Gasteiger partial charge is 0.311 e. The standard InChI is InChI=1S/C39H52F3N3O6/c1-2-3-4-5-6-7-8-9-10-11-12-13-14-15-16-17-34(46)51-37-35-39(49)45-27-18-19-28(22-27)50-33(45)25-44(35)24-30(36(37)47)38(48)43-23-29-31(41)20-26(40)21-32(29)42/h20-21,24,27-28,33H,2-19,22-23,25H2,1H3,(H,43,48)/t27-,28+,33+/m1/s1. The predicted octanol–water partition coefficient (Wildman–Crippen LogP) is 8.10. The Morgan fingerprint density at radius 2 is 1.45 bits per heavy atom. The van der Waals surface area contributed by atoms with Crippen LogP contribution in [0.4, 0.5) is 13.2 Å². The third-order valence-corrected chi connectivity index (χ3v) is 10.4. The predicted molar refractivity (Wildman–Crippen MR) is 186 cm³/mol. The van der Waals surface area contributed by atoms with Gasteiger partial charge in [0, 0.05) is 42.9 Å². The number of carbonyl (C=O) groups is 3. The number of hydrogen-bond donors (Lipinski definition) is 1. The van der Waals surface area contributed by atoms with Gasteiger partial charge in [0.05, 0.1) is 12.6 Å². The molecule has 3 heterocycles. The molecule has 1 aromatic carbocycles. The molecule has 2 aliphatic heterocycles. The van der Waals surface area contributed by atoms with E-state index in [1.54, 1.807) is 4.90 Å². The number of amides is 2. The Morgan fingerprint density at radius 3 is 2.06 bits per heavy atom. The van der Waals surface area contributed by atoms with E-state index >= 15 is 0 Å². The van der Waals surface area contributed by atoms with Gasteiger partial charge in [-0.2, -0.15) is 0 Å². The van der Waals surface area contributed by atoms with E-state index < -0.39 is 70.3 Å². The molecule has 0 spiro atoms. The van der Waals surface area contributed by atoms with Gasteiger partial charge in [0.1, 0.15) is 23.0 Å². The van der Waals surface area contributed by atoms with Crippen molar-refractivity contribution >= 4 is 17.8 Å². The summed E-state index contributed by atoms with van der Waals surface area (Å²) in [7, 11) is 0. The number of nitrogens with one attached hydrogen (secondary N) is 1. The van der Waals surface area contributed by atoms with Crippen LogP contribution in [0.15, 0.2) is 23.1 Å². The molecule has 2 amide bonds. The van der Waals surface area contributed by atoms with Gasteiger partial charge < -0.3 is 24.3 Å². The maximum atomic E-state index is 14.2. The Labute approximate surface area is 298 Å². The van der Waals surface area contributed by atoms with Crippen LogP contribution in [0.5, 0.6) is 5.75 Å². The molecule has 51 heavy (non-hydrogen) atoms. The molecule has 2 aromatic rings. The third-order valence-electron chi connectivity index (χ3n) is 10.4. The van der Waals surface area contributed by atoms with Gasteiger partial charge in [0.2, 0.25) is 11.2 Å². The minimum absolute atomic E-state index is 0.000422. The number of esters is 1. The minimum atomic E-state index is -1.20. The highest BCUT2D eigenvalue weighted by Crippen LogP contribution is 2.39. The van der Waals surface area contributed by atoms with Crippen molar-refractivity contribution in [2.75, 3.05) is 0 Å². The number of aromatic nitrogens is 1. The third kappa shape index (κ3) is 10.0. The van der Waals surface area contributed by atoms with Crippen molar-refractivity contribution < 1.29 is 37.0 Å². The summed E-state index contributed by atoms with van der Waals surface area (Å²) >= 11 is 0. The minimum Gasteiger partial charge on any atom is -0.420 e. The molecule has 0 radical (unpaired) electrons. The van der Waals surface area contributed by atoms with Crippen LogP contribution in [0.25, 0.3) is 0 Å². The van der Waals surface area contributed by atoms with Crippen LogP contribution >= 0.6 is 0 Å². The summed E-state index contributed by atoms with van der Waals surface area (Å²) in [5, 5.41) is 2.30. The van der Waals surface area contributed by atoms with Crippen LogP contribution in [0, 0.1) is 17.5 Å². The normalized spacial score (nSPS) is 19.2. The Morgan fingerprint density at radius 1 is 0.863 bits per heavy atom. The second kappa shape index (κ2) is 18.7. The van der Waals surface area contributed by atoms with Crippen molar-refractivity contribution in [3.63, 3.8) is 0 Å². The zero-order chi connectivity index (χ0) is 36.3. The number of unbranched alkanes of at least 4 members (excludes halogenated alkanes) is 14. The maximum Gasteiger partial charge on any atom is 0.311 e. The summed E-state index contributed by atoms with van der Waals surface area (Å²) in [5.74, 6) is -6.26. The van der Waals surface area contributed by atoms with Crippen LogP contribution in [-0.2, 0) is 22.6 Å². The number of nitrogens with zero attached hydrogens (tertiary/aromatic N) is 2. The number of carbonyl (C=O) groups excluding carboxylic acids is 3. The van der Waals surface area contributed by atoms with E-state index in [1.807, 2.05) is 0 Å². The fraction of sp³-hybridized carbons (Fsp3) is 0.641. The highest BCUT2D eigenvalue weighted by molar-refractivity contribution is 6.00. The van der Waals surface area contributed by atoms with Crippen LogP contribution < -0.4 is 15.5 Å². The monoisotopic (exact) mass is 715 g/mol. The average molecular weight is 716 g/mol. The lowest BCUT2D eigenvalue weighted by Crippen LogP contribution is -2.57. The molecule has 1 N–H and O–H groups in total. The molecule has 9 nitrogen and oxygen atoms in total. The second-order valence-corrected chi connectivity index (χ2v) is 14.3. The van der Waals surface area contributed by atoms with E-state index in [0.29, 0.717) is 25.0 Å². The summed E-state index contributed by atoms with van der Waals surface area (Å²) < 4.78 is 54.9. The Bertz CT molecular complexity index is 1570. The Kier molecular flexibility index (Phi) is 14.1. The molecular formula is C39H52F3N3O6. The first kappa shape index (κ1) is 38.6. The number of benzene rings is 1. The molecule has 3 aliphatic rings. The van der Waals surface area contributed by atoms with Crippen molar-refractivity contribution in [2.24, 2.45) is 0 Å². The van der Waals surface area contributed by atoms with Gasteiger partial charge >= 0.3 is 5.97 Å². The van der Waals surface area contributed by atoms with Crippen LogP contribution in [0.2, 0.25) is 0 Å². The van der Waals surface area contributed by atoms with Gasteiger partial charge in [-0.3, -0.25) is 19.2 Å². The van der Waals surface area contributed by atoms with Gasteiger partial charge in [-0.15, -0.1) is 0 Å². The zero-order valence-electron chi connectivity index (χ0n) is 29.8. The molecule has 12 heteroatoms. The van der Waals surface area contributed by atoms with E-state index in [-0.39, 0.29) is 30.8 Å². The summed E-state index contributed by atoms with van der Waals surface area (Å²) in [4.78, 5) is 55.5. The van der Waals surface area contributed by atoms with E-state index in [1.165, 1.54) is 75.0 Å². The SMILES string of the molecule is CCCCCCCCCCCCCCCCCC(=O)Oc1c2n(cc(C(=O)NCc3c(F)cc(F)cc3F)c1=O)C[C@@H]1O[C@H]3CC[C@H](C3)N1C2=O.